The zero-order valence-electron chi connectivity index (χ0n) is 11.1. The van der Waals surface area contributed by atoms with Gasteiger partial charge in [-0.2, -0.15) is 0 Å². The van der Waals surface area contributed by atoms with E-state index in [0.717, 1.165) is 17.0 Å². The van der Waals surface area contributed by atoms with Gasteiger partial charge in [0.15, 0.2) is 5.78 Å². The molecule has 1 aliphatic carbocycles. The molecule has 17 heavy (non-hydrogen) atoms. The van der Waals surface area contributed by atoms with Crippen LogP contribution in [-0.2, 0) is 6.42 Å². The number of rotatable bonds is 1. The van der Waals surface area contributed by atoms with Gasteiger partial charge in [-0.1, -0.05) is 27.7 Å². The third kappa shape index (κ3) is 2.13. The van der Waals surface area contributed by atoms with Gasteiger partial charge in [0.05, 0.1) is 10.6 Å². The molecule has 0 amide bonds. The predicted molar refractivity (Wildman–Crippen MR) is 73.9 cm³/mol. The lowest BCUT2D eigenvalue weighted by Gasteiger charge is -2.23. The van der Waals surface area contributed by atoms with E-state index in [1.807, 2.05) is 20.8 Å². The molecule has 1 aromatic rings. The summed E-state index contributed by atoms with van der Waals surface area (Å²) in [7, 11) is 0. The first-order valence-corrected chi connectivity index (χ1v) is 7.10. The number of carbonyl (C=O) groups excluding carboxylic acids is 1. The molecule has 2 N–H and O–H groups in total. The molecule has 0 aromatic carbocycles. The fourth-order valence-corrected chi connectivity index (χ4v) is 3.77. The van der Waals surface area contributed by atoms with Crippen LogP contribution in [0.25, 0.3) is 0 Å². The largest absolute Gasteiger partial charge is 0.390 e. The molecule has 0 saturated carbocycles. The lowest BCUT2D eigenvalue weighted by Crippen LogP contribution is -2.23. The number of hydrogen-bond acceptors (Lipinski definition) is 3. The van der Waals surface area contributed by atoms with Crippen molar-refractivity contribution in [3.8, 4) is 0 Å². The molecule has 0 spiro atoms. The van der Waals surface area contributed by atoms with Crippen molar-refractivity contribution in [1.82, 2.24) is 0 Å². The van der Waals surface area contributed by atoms with Crippen LogP contribution in [0.2, 0.25) is 0 Å². The van der Waals surface area contributed by atoms with Crippen molar-refractivity contribution in [2.45, 2.75) is 52.9 Å². The van der Waals surface area contributed by atoms with Gasteiger partial charge < -0.3 is 5.73 Å². The highest BCUT2D eigenvalue weighted by atomic mass is 32.1. The maximum absolute atomic E-state index is 12.5. The lowest BCUT2D eigenvalue weighted by atomic mass is 9.80. The Balaban J connectivity index is 2.55. The molecular weight excluding hydrogens is 230 g/mol. The monoisotopic (exact) mass is 251 g/mol. The van der Waals surface area contributed by atoms with Crippen molar-refractivity contribution in [2.75, 3.05) is 5.73 Å². The molecular formula is C14H21NOS. The number of carbonyl (C=O) groups is 1. The third-order valence-electron chi connectivity index (χ3n) is 3.49. The summed E-state index contributed by atoms with van der Waals surface area (Å²) in [6, 6.07) is 0. The molecule has 1 aromatic heterocycles. The molecule has 2 rings (SSSR count). The first-order valence-electron chi connectivity index (χ1n) is 6.28. The molecule has 1 unspecified atom stereocenters. The van der Waals surface area contributed by atoms with E-state index in [1.54, 1.807) is 11.3 Å². The van der Waals surface area contributed by atoms with Crippen molar-refractivity contribution < 1.29 is 4.79 Å². The summed E-state index contributed by atoms with van der Waals surface area (Å²) in [6.45, 7) is 8.11. The number of nitrogens with two attached hydrogens (primary N) is 1. The van der Waals surface area contributed by atoms with Gasteiger partial charge in [-0.05, 0) is 30.7 Å². The molecule has 1 heterocycles. The minimum Gasteiger partial charge on any atom is -0.390 e. The van der Waals surface area contributed by atoms with E-state index in [0.29, 0.717) is 5.92 Å². The summed E-state index contributed by atoms with van der Waals surface area (Å²) in [5.74, 6) is 0.676. The van der Waals surface area contributed by atoms with E-state index < -0.39 is 0 Å². The van der Waals surface area contributed by atoms with E-state index in [4.69, 9.17) is 5.73 Å². The summed E-state index contributed by atoms with van der Waals surface area (Å²) in [5, 5.41) is 0.726. The van der Waals surface area contributed by atoms with Crippen molar-refractivity contribution in [1.29, 1.82) is 0 Å². The Hall–Kier alpha value is -0.830. The minimum atomic E-state index is -0.347. The summed E-state index contributed by atoms with van der Waals surface area (Å²) >= 11 is 1.62. The van der Waals surface area contributed by atoms with Crippen LogP contribution in [-0.4, -0.2) is 5.78 Å². The van der Waals surface area contributed by atoms with Crippen LogP contribution in [0.5, 0.6) is 0 Å². The zero-order valence-corrected chi connectivity index (χ0v) is 11.9. The lowest BCUT2D eigenvalue weighted by molar-refractivity contribution is 0.0858. The minimum absolute atomic E-state index is 0.196. The maximum atomic E-state index is 12.5. The number of nitrogen functional groups attached to an aromatic ring is 1. The van der Waals surface area contributed by atoms with E-state index >= 15 is 0 Å². The number of thiophene rings is 1. The fraction of sp³-hybridized carbons (Fsp3) is 0.643. The number of Topliss-reactive ketones (excluding diaryl/α,β-unsaturated/α-hetero) is 1. The molecule has 0 aliphatic heterocycles. The van der Waals surface area contributed by atoms with Gasteiger partial charge in [0.25, 0.3) is 0 Å². The van der Waals surface area contributed by atoms with Crippen LogP contribution in [0.4, 0.5) is 5.00 Å². The molecule has 1 atom stereocenters. The molecule has 2 nitrogen and oxygen atoms in total. The van der Waals surface area contributed by atoms with Crippen LogP contribution in [0.1, 0.15) is 67.3 Å². The molecule has 0 saturated heterocycles. The highest BCUT2D eigenvalue weighted by Gasteiger charge is 2.33. The summed E-state index contributed by atoms with van der Waals surface area (Å²) in [5.41, 5.74) is 7.80. The van der Waals surface area contributed by atoms with E-state index in [-0.39, 0.29) is 11.2 Å². The Labute approximate surface area is 107 Å². The second kappa shape index (κ2) is 4.13. The van der Waals surface area contributed by atoms with Crippen molar-refractivity contribution in [2.24, 2.45) is 5.41 Å². The summed E-state index contributed by atoms with van der Waals surface area (Å²) in [4.78, 5) is 13.8. The van der Waals surface area contributed by atoms with Gasteiger partial charge in [0.2, 0.25) is 0 Å². The SMILES string of the molecule is CC1CCCc2sc(N)c(C(=O)C(C)(C)C)c21. The van der Waals surface area contributed by atoms with Crippen LogP contribution >= 0.6 is 11.3 Å². The molecule has 3 heteroatoms. The number of ketones is 1. The van der Waals surface area contributed by atoms with Crippen LogP contribution in [0.15, 0.2) is 0 Å². The zero-order chi connectivity index (χ0) is 12.8. The highest BCUT2D eigenvalue weighted by Crippen LogP contribution is 2.44. The smallest absolute Gasteiger partial charge is 0.171 e. The third-order valence-corrected chi connectivity index (χ3v) is 4.59. The average Bonchev–Trinajstić information content (AvgIpc) is 2.53. The molecule has 0 fully saturated rings. The van der Waals surface area contributed by atoms with Gasteiger partial charge in [-0.15, -0.1) is 11.3 Å². The quantitative estimate of drug-likeness (QED) is 0.767. The second-order valence-electron chi connectivity index (χ2n) is 6.05. The Bertz CT molecular complexity index is 454. The van der Waals surface area contributed by atoms with Crippen LogP contribution < -0.4 is 5.73 Å². The Morgan fingerprint density at radius 2 is 2.06 bits per heavy atom. The number of fused-ring (bicyclic) bond motifs is 1. The first-order chi connectivity index (χ1) is 7.82. The highest BCUT2D eigenvalue weighted by molar-refractivity contribution is 7.16. The van der Waals surface area contributed by atoms with Crippen molar-refractivity contribution in [3.05, 3.63) is 16.0 Å². The van der Waals surface area contributed by atoms with Gasteiger partial charge in [0.1, 0.15) is 0 Å². The van der Waals surface area contributed by atoms with Gasteiger partial charge in [-0.3, -0.25) is 4.79 Å². The van der Waals surface area contributed by atoms with Gasteiger partial charge >= 0.3 is 0 Å². The Morgan fingerprint density at radius 1 is 1.41 bits per heavy atom. The summed E-state index contributed by atoms with van der Waals surface area (Å²) in [6.07, 6.45) is 3.48. The first kappa shape index (κ1) is 12.6. The Morgan fingerprint density at radius 3 is 2.65 bits per heavy atom. The van der Waals surface area contributed by atoms with Gasteiger partial charge in [0, 0.05) is 10.3 Å². The number of aryl methyl sites for hydroxylation is 1. The molecule has 94 valence electrons. The van der Waals surface area contributed by atoms with Crippen LogP contribution in [0.3, 0.4) is 0 Å². The van der Waals surface area contributed by atoms with Gasteiger partial charge in [-0.25, -0.2) is 0 Å². The second-order valence-corrected chi connectivity index (χ2v) is 7.19. The molecule has 0 bridgehead atoms. The number of hydrogen-bond donors (Lipinski definition) is 1. The van der Waals surface area contributed by atoms with E-state index in [1.165, 1.54) is 23.3 Å². The normalized spacial score (nSPS) is 20.1. The number of anilines is 1. The Kier molecular flexibility index (Phi) is 3.06. The fourth-order valence-electron chi connectivity index (χ4n) is 2.54. The van der Waals surface area contributed by atoms with Crippen molar-refractivity contribution in [3.63, 3.8) is 0 Å². The maximum Gasteiger partial charge on any atom is 0.171 e. The average molecular weight is 251 g/mol. The van der Waals surface area contributed by atoms with E-state index in [9.17, 15) is 4.79 Å². The van der Waals surface area contributed by atoms with Crippen molar-refractivity contribution >= 4 is 22.1 Å². The van der Waals surface area contributed by atoms with E-state index in [2.05, 4.69) is 6.92 Å². The predicted octanol–water partition coefficient (Wildman–Crippen LogP) is 4.00. The van der Waals surface area contributed by atoms with Crippen LogP contribution in [0, 0.1) is 5.41 Å². The summed E-state index contributed by atoms with van der Waals surface area (Å²) < 4.78 is 0. The molecule has 1 aliphatic rings. The molecule has 0 radical (unpaired) electrons. The topological polar surface area (TPSA) is 43.1 Å². The standard InChI is InChI=1S/C14H21NOS/c1-8-6-5-7-9-10(8)11(13(15)17-9)12(16)14(2,3)4/h8H,5-7,15H2,1-4H3.